The van der Waals surface area contributed by atoms with E-state index in [1.54, 1.807) is 12.1 Å². The van der Waals surface area contributed by atoms with Crippen molar-refractivity contribution < 1.29 is 4.79 Å². The molecule has 5 nitrogen and oxygen atoms in total. The Morgan fingerprint density at radius 1 is 1.27 bits per heavy atom. The third kappa shape index (κ3) is 3.85. The number of rotatable bonds is 4. The van der Waals surface area contributed by atoms with E-state index in [4.69, 9.17) is 11.6 Å². The molecule has 0 fully saturated rings. The molecule has 1 aromatic heterocycles. The van der Waals surface area contributed by atoms with Crippen molar-refractivity contribution in [3.05, 3.63) is 70.3 Å². The maximum atomic E-state index is 11.8. The monoisotopic (exact) mass is 426 g/mol. The number of para-hydroxylation sites is 1. The summed E-state index contributed by atoms with van der Waals surface area (Å²) in [5.41, 5.74) is 4.09. The fraction of sp³-hybridized carbons (Fsp3) is 0. The average Bonchev–Trinajstić information content (AvgIpc) is 2.62. The highest BCUT2D eigenvalue weighted by molar-refractivity contribution is 9.10. The first-order valence-corrected chi connectivity index (χ1v) is 8.77. The molecule has 2 N–H and O–H groups in total. The second-order valence-electron chi connectivity index (χ2n) is 5.28. The van der Waals surface area contributed by atoms with Gasteiger partial charge in [0.05, 0.1) is 22.5 Å². The van der Waals surface area contributed by atoms with Gasteiger partial charge in [0.2, 0.25) is 5.91 Å². The Bertz CT molecular complexity index is 1060. The Labute approximate surface area is 163 Å². The zero-order valence-electron chi connectivity index (χ0n) is 13.3. The minimum absolute atomic E-state index is 0.361. The number of halogens is 2. The SMILES string of the molecule is N#Cc1cnc2c(NC(=O)/C=C/Cl)cccc2c1Nc1cccc(Br)c1. The number of hydrogen-bond acceptors (Lipinski definition) is 4. The summed E-state index contributed by atoms with van der Waals surface area (Å²) < 4.78 is 0.917. The van der Waals surface area contributed by atoms with Gasteiger partial charge >= 0.3 is 0 Å². The van der Waals surface area contributed by atoms with E-state index in [1.165, 1.54) is 12.3 Å². The molecule has 128 valence electrons. The highest BCUT2D eigenvalue weighted by Gasteiger charge is 2.13. The molecule has 0 unspecified atom stereocenters. The third-order valence-electron chi connectivity index (χ3n) is 3.58. The fourth-order valence-electron chi connectivity index (χ4n) is 2.49. The number of nitriles is 1. The number of aromatic nitrogens is 1. The number of nitrogens with one attached hydrogen (secondary N) is 2. The summed E-state index contributed by atoms with van der Waals surface area (Å²) in [6, 6.07) is 15.1. The van der Waals surface area contributed by atoms with Crippen LogP contribution in [0.1, 0.15) is 5.56 Å². The van der Waals surface area contributed by atoms with Crippen LogP contribution < -0.4 is 10.6 Å². The van der Waals surface area contributed by atoms with Gasteiger partial charge in [-0.2, -0.15) is 5.26 Å². The standard InChI is InChI=1S/C19H12BrClN4O/c20-13-3-1-4-14(9-13)24-18-12(10-22)11-23-19-15(18)5-2-6-16(19)25-17(26)7-8-21/h1-9,11H,(H,23,24)(H,25,26)/b8-7+. The lowest BCUT2D eigenvalue weighted by Gasteiger charge is -2.14. The predicted octanol–water partition coefficient (Wildman–Crippen LogP) is 5.30. The van der Waals surface area contributed by atoms with Crippen LogP contribution in [-0.2, 0) is 4.79 Å². The molecule has 0 saturated heterocycles. The van der Waals surface area contributed by atoms with Crippen molar-refractivity contribution in [2.24, 2.45) is 0 Å². The minimum atomic E-state index is -0.361. The smallest absolute Gasteiger partial charge is 0.249 e. The second-order valence-corrected chi connectivity index (χ2v) is 6.45. The summed E-state index contributed by atoms with van der Waals surface area (Å²) in [6.07, 6.45) is 2.69. The van der Waals surface area contributed by atoms with E-state index in [-0.39, 0.29) is 5.91 Å². The van der Waals surface area contributed by atoms with Crippen LogP contribution in [0.3, 0.4) is 0 Å². The summed E-state index contributed by atoms with van der Waals surface area (Å²) in [5, 5.41) is 16.2. The summed E-state index contributed by atoms with van der Waals surface area (Å²) in [6.45, 7) is 0. The molecule has 1 heterocycles. The van der Waals surface area contributed by atoms with Gasteiger partial charge in [0, 0.05) is 33.4 Å². The molecular formula is C19H12BrClN4O. The Balaban J connectivity index is 2.12. The van der Waals surface area contributed by atoms with E-state index in [2.05, 4.69) is 37.6 Å². The number of fused-ring (bicyclic) bond motifs is 1. The number of pyridine rings is 1. The fourth-order valence-corrected chi connectivity index (χ4v) is 3.00. The molecule has 0 aliphatic carbocycles. The maximum Gasteiger partial charge on any atom is 0.249 e. The van der Waals surface area contributed by atoms with Crippen LogP contribution in [0.15, 0.2) is 64.7 Å². The van der Waals surface area contributed by atoms with Crippen molar-refractivity contribution in [2.75, 3.05) is 10.6 Å². The van der Waals surface area contributed by atoms with Crippen molar-refractivity contribution >= 4 is 61.4 Å². The van der Waals surface area contributed by atoms with Crippen molar-refractivity contribution in [2.45, 2.75) is 0 Å². The molecule has 0 aliphatic rings. The molecule has 26 heavy (non-hydrogen) atoms. The molecule has 7 heteroatoms. The second kappa shape index (κ2) is 8.00. The highest BCUT2D eigenvalue weighted by atomic mass is 79.9. The molecule has 1 amide bonds. The van der Waals surface area contributed by atoms with E-state index in [9.17, 15) is 10.1 Å². The Morgan fingerprint density at radius 3 is 2.81 bits per heavy atom. The summed E-state index contributed by atoms with van der Waals surface area (Å²) in [7, 11) is 0. The van der Waals surface area contributed by atoms with Gasteiger partial charge in [0.15, 0.2) is 0 Å². The molecule has 0 saturated carbocycles. The molecule has 0 radical (unpaired) electrons. The Morgan fingerprint density at radius 2 is 2.08 bits per heavy atom. The largest absolute Gasteiger partial charge is 0.354 e. The zero-order chi connectivity index (χ0) is 18.5. The topological polar surface area (TPSA) is 77.8 Å². The molecular weight excluding hydrogens is 416 g/mol. The highest BCUT2D eigenvalue weighted by Crippen LogP contribution is 2.32. The first kappa shape index (κ1) is 17.9. The van der Waals surface area contributed by atoms with E-state index in [1.807, 2.05) is 30.3 Å². The molecule has 3 aromatic rings. The van der Waals surface area contributed by atoms with Crippen molar-refractivity contribution in [3.63, 3.8) is 0 Å². The van der Waals surface area contributed by atoms with Gasteiger partial charge in [0.1, 0.15) is 6.07 Å². The lowest BCUT2D eigenvalue weighted by molar-refractivity contribution is -0.111. The Kier molecular flexibility index (Phi) is 5.52. The molecule has 0 spiro atoms. The van der Waals surface area contributed by atoms with Gasteiger partial charge in [-0.1, -0.05) is 45.7 Å². The molecule has 0 atom stereocenters. The number of nitrogens with zero attached hydrogens (tertiary/aromatic N) is 2. The third-order valence-corrected chi connectivity index (χ3v) is 4.20. The number of carbonyl (C=O) groups is 1. The molecule has 0 bridgehead atoms. The van der Waals surface area contributed by atoms with Gasteiger partial charge in [-0.15, -0.1) is 0 Å². The molecule has 2 aromatic carbocycles. The van der Waals surface area contributed by atoms with Crippen molar-refractivity contribution in [1.82, 2.24) is 4.98 Å². The minimum Gasteiger partial charge on any atom is -0.354 e. The van der Waals surface area contributed by atoms with Crippen LogP contribution in [0.5, 0.6) is 0 Å². The maximum absolute atomic E-state index is 11.8. The normalized spacial score (nSPS) is 10.7. The van der Waals surface area contributed by atoms with Crippen LogP contribution in [-0.4, -0.2) is 10.9 Å². The average molecular weight is 428 g/mol. The van der Waals surface area contributed by atoms with Gasteiger partial charge in [0.25, 0.3) is 0 Å². The summed E-state index contributed by atoms with van der Waals surface area (Å²) in [4.78, 5) is 16.2. The van der Waals surface area contributed by atoms with E-state index < -0.39 is 0 Å². The first-order chi connectivity index (χ1) is 12.6. The number of anilines is 3. The van der Waals surface area contributed by atoms with E-state index >= 15 is 0 Å². The quantitative estimate of drug-likeness (QED) is 0.554. The predicted molar refractivity (Wildman–Crippen MR) is 108 cm³/mol. The number of carbonyl (C=O) groups excluding carboxylic acids is 1. The van der Waals surface area contributed by atoms with Crippen molar-refractivity contribution in [3.8, 4) is 6.07 Å². The summed E-state index contributed by atoms with van der Waals surface area (Å²) >= 11 is 8.87. The van der Waals surface area contributed by atoms with Crippen LogP contribution in [0.4, 0.5) is 17.1 Å². The molecule has 0 aliphatic heterocycles. The van der Waals surface area contributed by atoms with Gasteiger partial charge in [-0.05, 0) is 24.3 Å². The van der Waals surface area contributed by atoms with Gasteiger partial charge in [-0.3, -0.25) is 9.78 Å². The van der Waals surface area contributed by atoms with E-state index in [0.717, 1.165) is 21.1 Å². The Hall–Kier alpha value is -2.88. The van der Waals surface area contributed by atoms with Crippen molar-refractivity contribution in [1.29, 1.82) is 5.26 Å². The first-order valence-electron chi connectivity index (χ1n) is 7.54. The van der Waals surface area contributed by atoms with Crippen LogP contribution in [0.25, 0.3) is 10.9 Å². The lowest BCUT2D eigenvalue weighted by atomic mass is 10.1. The molecule has 3 rings (SSSR count). The van der Waals surface area contributed by atoms with Crippen LogP contribution in [0.2, 0.25) is 0 Å². The van der Waals surface area contributed by atoms with Crippen LogP contribution >= 0.6 is 27.5 Å². The number of benzene rings is 2. The van der Waals surface area contributed by atoms with Gasteiger partial charge in [-0.25, -0.2) is 0 Å². The van der Waals surface area contributed by atoms with E-state index in [0.29, 0.717) is 22.5 Å². The summed E-state index contributed by atoms with van der Waals surface area (Å²) in [5.74, 6) is -0.361. The number of amides is 1. The lowest BCUT2D eigenvalue weighted by Crippen LogP contribution is -2.08. The zero-order valence-corrected chi connectivity index (χ0v) is 15.7. The van der Waals surface area contributed by atoms with Gasteiger partial charge < -0.3 is 10.6 Å². The number of hydrogen-bond donors (Lipinski definition) is 2. The van der Waals surface area contributed by atoms with Crippen LogP contribution in [0, 0.1) is 11.3 Å².